The zero-order valence-corrected chi connectivity index (χ0v) is 14.0. The van der Waals surface area contributed by atoms with Crippen molar-refractivity contribution in [3.05, 3.63) is 64.4 Å². The second-order valence-electron chi connectivity index (χ2n) is 5.24. The molecule has 0 aliphatic rings. The molecule has 0 aliphatic heterocycles. The fourth-order valence-corrected chi connectivity index (χ4v) is 3.07. The van der Waals surface area contributed by atoms with E-state index in [1.807, 2.05) is 37.3 Å². The van der Waals surface area contributed by atoms with Crippen molar-refractivity contribution in [3.63, 3.8) is 0 Å². The zero-order chi connectivity index (χ0) is 16.9. The molecule has 0 bridgehead atoms. The van der Waals surface area contributed by atoms with E-state index < -0.39 is 0 Å². The normalized spacial score (nSPS) is 10.7. The highest BCUT2D eigenvalue weighted by Crippen LogP contribution is 2.18. The second kappa shape index (κ2) is 7.31. The lowest BCUT2D eigenvalue weighted by Gasteiger charge is -2.09. The quantitative estimate of drug-likeness (QED) is 0.553. The number of nitrogens with one attached hydrogen (secondary N) is 2. The Labute approximate surface area is 143 Å². The fourth-order valence-electron chi connectivity index (χ4n) is 2.40. The van der Waals surface area contributed by atoms with Crippen molar-refractivity contribution in [1.82, 2.24) is 9.97 Å². The molecular weight excluding hydrogens is 322 g/mol. The van der Waals surface area contributed by atoms with Gasteiger partial charge in [-0.05, 0) is 30.2 Å². The summed E-state index contributed by atoms with van der Waals surface area (Å²) in [5.41, 5.74) is 2.35. The number of aromatic nitrogens is 2. The van der Waals surface area contributed by atoms with E-state index in [0.717, 1.165) is 17.7 Å². The number of rotatable bonds is 5. The third kappa shape index (κ3) is 3.65. The lowest BCUT2D eigenvalue weighted by Crippen LogP contribution is -2.16. The van der Waals surface area contributed by atoms with Crippen LogP contribution in [0.2, 0.25) is 0 Å². The molecule has 5 nitrogen and oxygen atoms in total. The number of fused-ring (bicyclic) bond motifs is 1. The number of aromatic amines is 1. The maximum absolute atomic E-state index is 12.2. The van der Waals surface area contributed by atoms with Crippen molar-refractivity contribution in [2.75, 3.05) is 11.1 Å². The molecule has 0 spiro atoms. The summed E-state index contributed by atoms with van der Waals surface area (Å²) in [5.74, 6) is 0.0518. The van der Waals surface area contributed by atoms with Gasteiger partial charge >= 0.3 is 0 Å². The second-order valence-corrected chi connectivity index (χ2v) is 6.20. The van der Waals surface area contributed by atoms with Gasteiger partial charge in [-0.1, -0.05) is 49.0 Å². The Morgan fingerprint density at radius 3 is 2.75 bits per heavy atom. The van der Waals surface area contributed by atoms with E-state index >= 15 is 0 Å². The topological polar surface area (TPSA) is 74.8 Å². The monoisotopic (exact) mass is 339 g/mol. The van der Waals surface area contributed by atoms with Gasteiger partial charge in [0.05, 0.1) is 16.7 Å². The summed E-state index contributed by atoms with van der Waals surface area (Å²) in [5, 5.41) is 3.89. The predicted molar refractivity (Wildman–Crippen MR) is 97.5 cm³/mol. The van der Waals surface area contributed by atoms with Gasteiger partial charge in [0.2, 0.25) is 5.91 Å². The molecule has 0 radical (unpaired) electrons. The van der Waals surface area contributed by atoms with Crippen LogP contribution >= 0.6 is 11.8 Å². The molecule has 0 fully saturated rings. The van der Waals surface area contributed by atoms with Gasteiger partial charge in [0.25, 0.3) is 5.56 Å². The van der Waals surface area contributed by atoms with Gasteiger partial charge < -0.3 is 10.3 Å². The third-order valence-corrected chi connectivity index (χ3v) is 4.48. The summed E-state index contributed by atoms with van der Waals surface area (Å²) in [6, 6.07) is 14.9. The molecule has 2 aromatic carbocycles. The van der Waals surface area contributed by atoms with Gasteiger partial charge in [-0.25, -0.2) is 4.98 Å². The minimum atomic E-state index is -0.195. The van der Waals surface area contributed by atoms with Crippen molar-refractivity contribution < 1.29 is 4.79 Å². The van der Waals surface area contributed by atoms with E-state index in [2.05, 4.69) is 15.3 Å². The van der Waals surface area contributed by atoms with Gasteiger partial charge in [0.15, 0.2) is 5.16 Å². The molecule has 1 aromatic heterocycles. The number of nitrogens with zero attached hydrogens (tertiary/aromatic N) is 1. The molecule has 0 aliphatic carbocycles. The number of hydrogen-bond acceptors (Lipinski definition) is 4. The highest BCUT2D eigenvalue weighted by atomic mass is 32.2. The van der Waals surface area contributed by atoms with Crippen molar-refractivity contribution >= 4 is 34.3 Å². The molecule has 0 saturated carbocycles. The number of para-hydroxylation sites is 2. The SMILES string of the molecule is CCc1ccccc1NC(=O)CSc1nc2ccccc2c(=O)[nH]1. The van der Waals surface area contributed by atoms with Crippen molar-refractivity contribution in [2.45, 2.75) is 18.5 Å². The van der Waals surface area contributed by atoms with Gasteiger partial charge in [0.1, 0.15) is 0 Å². The molecule has 24 heavy (non-hydrogen) atoms. The summed E-state index contributed by atoms with van der Waals surface area (Å²) in [6.07, 6.45) is 0.850. The van der Waals surface area contributed by atoms with Crippen LogP contribution in [-0.4, -0.2) is 21.6 Å². The highest BCUT2D eigenvalue weighted by Gasteiger charge is 2.09. The van der Waals surface area contributed by atoms with Crippen LogP contribution in [0.15, 0.2) is 58.5 Å². The van der Waals surface area contributed by atoms with E-state index in [0.29, 0.717) is 16.1 Å². The molecule has 0 atom stereocenters. The van der Waals surface area contributed by atoms with Gasteiger partial charge in [-0.3, -0.25) is 9.59 Å². The molecule has 3 rings (SSSR count). The largest absolute Gasteiger partial charge is 0.325 e. The Morgan fingerprint density at radius 1 is 1.17 bits per heavy atom. The van der Waals surface area contributed by atoms with Gasteiger partial charge in [-0.15, -0.1) is 0 Å². The molecule has 0 saturated heterocycles. The van der Waals surface area contributed by atoms with Crippen LogP contribution in [0.4, 0.5) is 5.69 Å². The van der Waals surface area contributed by atoms with E-state index in [-0.39, 0.29) is 17.2 Å². The van der Waals surface area contributed by atoms with Crippen molar-refractivity contribution in [3.8, 4) is 0 Å². The number of thioether (sulfide) groups is 1. The summed E-state index contributed by atoms with van der Waals surface area (Å²) < 4.78 is 0. The summed E-state index contributed by atoms with van der Waals surface area (Å²) in [6.45, 7) is 2.05. The minimum Gasteiger partial charge on any atom is -0.325 e. The molecule has 6 heteroatoms. The van der Waals surface area contributed by atoms with E-state index in [9.17, 15) is 9.59 Å². The van der Waals surface area contributed by atoms with Gasteiger partial charge in [0, 0.05) is 5.69 Å². The van der Waals surface area contributed by atoms with Crippen molar-refractivity contribution in [2.24, 2.45) is 0 Å². The van der Waals surface area contributed by atoms with Crippen LogP contribution in [0.5, 0.6) is 0 Å². The lowest BCUT2D eigenvalue weighted by atomic mass is 10.1. The Balaban J connectivity index is 1.69. The molecular formula is C18H17N3O2S. The average Bonchev–Trinajstić information content (AvgIpc) is 2.60. The number of H-pyrrole nitrogens is 1. The third-order valence-electron chi connectivity index (χ3n) is 3.60. The lowest BCUT2D eigenvalue weighted by molar-refractivity contribution is -0.113. The zero-order valence-electron chi connectivity index (χ0n) is 13.2. The Morgan fingerprint density at radius 2 is 1.92 bits per heavy atom. The number of aryl methyl sites for hydroxylation is 1. The molecule has 1 amide bonds. The summed E-state index contributed by atoms with van der Waals surface area (Å²) in [7, 11) is 0. The first-order valence-electron chi connectivity index (χ1n) is 7.67. The van der Waals surface area contributed by atoms with Crippen LogP contribution < -0.4 is 10.9 Å². The van der Waals surface area contributed by atoms with Gasteiger partial charge in [-0.2, -0.15) is 0 Å². The number of carbonyl (C=O) groups is 1. The first-order valence-corrected chi connectivity index (χ1v) is 8.65. The van der Waals surface area contributed by atoms with Crippen LogP contribution in [0.25, 0.3) is 10.9 Å². The Bertz CT molecular complexity index is 937. The van der Waals surface area contributed by atoms with E-state index in [4.69, 9.17) is 0 Å². The number of benzene rings is 2. The summed E-state index contributed by atoms with van der Waals surface area (Å²) >= 11 is 1.21. The molecule has 122 valence electrons. The Kier molecular flexibility index (Phi) is 4.96. The molecule has 3 aromatic rings. The standard InChI is InChI=1S/C18H17N3O2S/c1-2-12-7-3-5-9-14(12)19-16(22)11-24-18-20-15-10-6-4-8-13(15)17(23)21-18/h3-10H,2,11H2,1H3,(H,19,22)(H,20,21,23). The van der Waals surface area contributed by atoms with E-state index in [1.54, 1.807) is 18.2 Å². The predicted octanol–water partition coefficient (Wildman–Crippen LogP) is 3.22. The first kappa shape index (κ1) is 16.3. The van der Waals surface area contributed by atoms with Crippen molar-refractivity contribution in [1.29, 1.82) is 0 Å². The number of carbonyl (C=O) groups excluding carboxylic acids is 1. The first-order chi connectivity index (χ1) is 11.7. The van der Waals surface area contributed by atoms with Crippen LogP contribution in [0, 0.1) is 0 Å². The maximum Gasteiger partial charge on any atom is 0.259 e. The van der Waals surface area contributed by atoms with E-state index in [1.165, 1.54) is 11.8 Å². The Hall–Kier alpha value is -2.60. The average molecular weight is 339 g/mol. The molecule has 2 N–H and O–H groups in total. The molecule has 1 heterocycles. The maximum atomic E-state index is 12.2. The summed E-state index contributed by atoms with van der Waals surface area (Å²) in [4.78, 5) is 31.2. The smallest absolute Gasteiger partial charge is 0.259 e. The highest BCUT2D eigenvalue weighted by molar-refractivity contribution is 7.99. The van der Waals surface area contributed by atoms with Crippen LogP contribution in [-0.2, 0) is 11.2 Å². The number of amides is 1. The van der Waals surface area contributed by atoms with Crippen LogP contribution in [0.3, 0.4) is 0 Å². The van der Waals surface area contributed by atoms with Crippen LogP contribution in [0.1, 0.15) is 12.5 Å². The molecule has 0 unspecified atom stereocenters. The number of anilines is 1. The minimum absolute atomic E-state index is 0.128. The fraction of sp³-hybridized carbons (Fsp3) is 0.167. The number of hydrogen-bond donors (Lipinski definition) is 2.